The summed E-state index contributed by atoms with van der Waals surface area (Å²) in [5.41, 5.74) is 0. The first-order valence-electron chi connectivity index (χ1n) is 9.57. The molecule has 2 unspecified atom stereocenters. The summed E-state index contributed by atoms with van der Waals surface area (Å²) >= 11 is 0. The highest BCUT2D eigenvalue weighted by Crippen LogP contribution is 2.23. The van der Waals surface area contributed by atoms with Crippen LogP contribution in [-0.2, 0) is 0 Å². The second-order valence-corrected chi connectivity index (χ2v) is 6.75. The fourth-order valence-corrected chi connectivity index (χ4v) is 3.05. The van der Waals surface area contributed by atoms with E-state index in [0.717, 1.165) is 5.92 Å². The van der Waals surface area contributed by atoms with Crippen molar-refractivity contribution in [3.05, 3.63) is 6.92 Å². The van der Waals surface area contributed by atoms with Gasteiger partial charge in [0, 0.05) is 0 Å². The number of hydrogen-bond acceptors (Lipinski definition) is 0. The topological polar surface area (TPSA) is 0 Å². The standard InChI is InChI=1S/C20H41/c1-5-8-9-10-11-12-13-14-15-16-17-20(7-3)18-19(4)6-2/h19-20H,4-18H2,1-3H3. The Hall–Kier alpha value is 0. The van der Waals surface area contributed by atoms with Gasteiger partial charge in [-0.25, -0.2) is 0 Å². The summed E-state index contributed by atoms with van der Waals surface area (Å²) in [6.07, 6.45) is 19.9. The summed E-state index contributed by atoms with van der Waals surface area (Å²) in [6, 6.07) is 0. The fraction of sp³-hybridized carbons (Fsp3) is 0.950. The zero-order chi connectivity index (χ0) is 15.1. The number of rotatable bonds is 15. The van der Waals surface area contributed by atoms with Crippen molar-refractivity contribution < 1.29 is 0 Å². The van der Waals surface area contributed by atoms with E-state index in [1.807, 2.05) is 0 Å². The fourth-order valence-electron chi connectivity index (χ4n) is 3.05. The summed E-state index contributed by atoms with van der Waals surface area (Å²) in [4.78, 5) is 0. The van der Waals surface area contributed by atoms with Crippen LogP contribution in [0.5, 0.6) is 0 Å². The van der Waals surface area contributed by atoms with Gasteiger partial charge < -0.3 is 0 Å². The third-order valence-corrected chi connectivity index (χ3v) is 4.79. The smallest absolute Gasteiger partial charge is 0.0414 e. The largest absolute Gasteiger partial charge is 0.0654 e. The van der Waals surface area contributed by atoms with Crippen molar-refractivity contribution in [2.75, 3.05) is 0 Å². The molecule has 0 heteroatoms. The molecule has 0 saturated heterocycles. The van der Waals surface area contributed by atoms with Gasteiger partial charge in [0.2, 0.25) is 0 Å². The van der Waals surface area contributed by atoms with E-state index in [0.29, 0.717) is 5.92 Å². The van der Waals surface area contributed by atoms with E-state index in [1.165, 1.54) is 89.9 Å². The maximum atomic E-state index is 4.24. The first kappa shape index (κ1) is 20.0. The lowest BCUT2D eigenvalue weighted by Crippen LogP contribution is -2.05. The molecule has 0 heterocycles. The highest BCUT2D eigenvalue weighted by atomic mass is 14.2. The van der Waals surface area contributed by atoms with Crippen LogP contribution in [0.2, 0.25) is 0 Å². The second-order valence-electron chi connectivity index (χ2n) is 6.75. The van der Waals surface area contributed by atoms with E-state index >= 15 is 0 Å². The van der Waals surface area contributed by atoms with Crippen LogP contribution in [0.1, 0.15) is 111 Å². The Labute approximate surface area is 130 Å². The molecule has 121 valence electrons. The van der Waals surface area contributed by atoms with E-state index in [2.05, 4.69) is 27.7 Å². The molecule has 0 aliphatic rings. The molecule has 1 radical (unpaired) electrons. The first-order valence-corrected chi connectivity index (χ1v) is 9.57. The number of hydrogen-bond donors (Lipinski definition) is 0. The van der Waals surface area contributed by atoms with Crippen molar-refractivity contribution in [3.63, 3.8) is 0 Å². The van der Waals surface area contributed by atoms with E-state index in [-0.39, 0.29) is 0 Å². The molecule has 0 aromatic carbocycles. The van der Waals surface area contributed by atoms with Crippen LogP contribution in [0.25, 0.3) is 0 Å². The predicted molar refractivity (Wildman–Crippen MR) is 94.0 cm³/mol. The molecule has 0 N–H and O–H groups in total. The average Bonchev–Trinajstić information content (AvgIpc) is 2.47. The van der Waals surface area contributed by atoms with Gasteiger partial charge in [-0.05, 0) is 18.3 Å². The monoisotopic (exact) mass is 281 g/mol. The van der Waals surface area contributed by atoms with Gasteiger partial charge in [0.25, 0.3) is 0 Å². The molecule has 0 spiro atoms. The summed E-state index contributed by atoms with van der Waals surface area (Å²) in [5, 5.41) is 0. The number of unbranched alkanes of at least 4 members (excludes halogenated alkanes) is 9. The molecular formula is C20H41. The van der Waals surface area contributed by atoms with Crippen molar-refractivity contribution in [1.29, 1.82) is 0 Å². The van der Waals surface area contributed by atoms with E-state index in [9.17, 15) is 0 Å². The predicted octanol–water partition coefficient (Wildman–Crippen LogP) is 7.57. The summed E-state index contributed by atoms with van der Waals surface area (Å²) in [6.45, 7) is 11.2. The van der Waals surface area contributed by atoms with Crippen molar-refractivity contribution in [2.24, 2.45) is 11.8 Å². The van der Waals surface area contributed by atoms with Crippen LogP contribution < -0.4 is 0 Å². The molecular weight excluding hydrogens is 240 g/mol. The van der Waals surface area contributed by atoms with Crippen LogP contribution in [0, 0.1) is 18.8 Å². The van der Waals surface area contributed by atoms with Gasteiger partial charge in [-0.15, -0.1) is 0 Å². The highest BCUT2D eigenvalue weighted by Gasteiger charge is 2.09. The minimum absolute atomic E-state index is 0.683. The summed E-state index contributed by atoms with van der Waals surface area (Å²) in [5.74, 6) is 1.62. The van der Waals surface area contributed by atoms with Crippen LogP contribution >= 0.6 is 0 Å². The molecule has 2 atom stereocenters. The van der Waals surface area contributed by atoms with Gasteiger partial charge >= 0.3 is 0 Å². The van der Waals surface area contributed by atoms with Crippen molar-refractivity contribution in [3.8, 4) is 0 Å². The second kappa shape index (κ2) is 15.4. The molecule has 0 bridgehead atoms. The molecule has 0 rings (SSSR count). The van der Waals surface area contributed by atoms with Crippen LogP contribution in [0.3, 0.4) is 0 Å². The maximum absolute atomic E-state index is 4.24. The zero-order valence-corrected chi connectivity index (χ0v) is 14.8. The van der Waals surface area contributed by atoms with E-state index < -0.39 is 0 Å². The normalized spacial score (nSPS) is 14.4. The van der Waals surface area contributed by atoms with Crippen LogP contribution in [0.4, 0.5) is 0 Å². The van der Waals surface area contributed by atoms with Crippen molar-refractivity contribution >= 4 is 0 Å². The van der Waals surface area contributed by atoms with Crippen molar-refractivity contribution in [1.82, 2.24) is 0 Å². The Bertz CT molecular complexity index is 173. The van der Waals surface area contributed by atoms with Gasteiger partial charge in [0.15, 0.2) is 0 Å². The first-order chi connectivity index (χ1) is 9.74. The van der Waals surface area contributed by atoms with Gasteiger partial charge in [0.1, 0.15) is 0 Å². The van der Waals surface area contributed by atoms with Gasteiger partial charge in [-0.1, -0.05) is 111 Å². The summed E-state index contributed by atoms with van der Waals surface area (Å²) < 4.78 is 0. The van der Waals surface area contributed by atoms with Crippen LogP contribution in [-0.4, -0.2) is 0 Å². The lowest BCUT2D eigenvalue weighted by molar-refractivity contribution is 0.360. The minimum atomic E-state index is 0.683. The third-order valence-electron chi connectivity index (χ3n) is 4.79. The SMILES string of the molecule is [CH2]C(CC)CC(CC)CCCCCCCCCCCC. The highest BCUT2D eigenvalue weighted by molar-refractivity contribution is 4.66. The minimum Gasteiger partial charge on any atom is -0.0654 e. The molecule has 0 aliphatic carbocycles. The Morgan fingerprint density at radius 3 is 1.60 bits per heavy atom. The molecule has 0 amide bonds. The molecule has 0 aromatic rings. The van der Waals surface area contributed by atoms with Gasteiger partial charge in [-0.3, -0.25) is 0 Å². The average molecular weight is 282 g/mol. The molecule has 0 nitrogen and oxygen atoms in total. The van der Waals surface area contributed by atoms with Crippen LogP contribution in [0.15, 0.2) is 0 Å². The maximum Gasteiger partial charge on any atom is -0.0414 e. The van der Waals surface area contributed by atoms with E-state index in [1.54, 1.807) is 0 Å². The Balaban J connectivity index is 3.29. The molecule has 0 aromatic heterocycles. The summed E-state index contributed by atoms with van der Waals surface area (Å²) in [7, 11) is 0. The molecule has 20 heavy (non-hydrogen) atoms. The Kier molecular flexibility index (Phi) is 15.4. The quantitative estimate of drug-likeness (QED) is 0.271. The third kappa shape index (κ3) is 13.0. The molecule has 0 saturated carbocycles. The lowest BCUT2D eigenvalue weighted by Gasteiger charge is -2.18. The lowest BCUT2D eigenvalue weighted by atomic mass is 9.88. The van der Waals surface area contributed by atoms with Crippen molar-refractivity contribution in [2.45, 2.75) is 111 Å². The Morgan fingerprint density at radius 1 is 0.650 bits per heavy atom. The zero-order valence-electron chi connectivity index (χ0n) is 14.8. The van der Waals surface area contributed by atoms with Gasteiger partial charge in [0.05, 0.1) is 0 Å². The van der Waals surface area contributed by atoms with E-state index in [4.69, 9.17) is 0 Å². The van der Waals surface area contributed by atoms with Gasteiger partial charge in [-0.2, -0.15) is 0 Å². The molecule has 0 fully saturated rings. The molecule has 0 aliphatic heterocycles. The Morgan fingerprint density at radius 2 is 1.15 bits per heavy atom.